The molecular formula is C34H68O2. The van der Waals surface area contributed by atoms with Crippen molar-refractivity contribution in [2.75, 3.05) is 0 Å². The molecule has 36 heavy (non-hydrogen) atoms. The molecule has 0 aromatic heterocycles. The zero-order valence-electron chi connectivity index (χ0n) is 25.1. The molecule has 0 fully saturated rings. The van der Waals surface area contributed by atoms with E-state index in [1.54, 1.807) is 0 Å². The Morgan fingerprint density at radius 2 is 0.639 bits per heavy atom. The summed E-state index contributed by atoms with van der Waals surface area (Å²) >= 11 is 0. The van der Waals surface area contributed by atoms with Gasteiger partial charge in [-0.1, -0.05) is 187 Å². The lowest BCUT2D eigenvalue weighted by atomic mass is 9.91. The lowest BCUT2D eigenvalue weighted by molar-refractivity contribution is -0.138. The quantitative estimate of drug-likeness (QED) is 0.0945. The SMILES string of the molecule is CCCCCCCCCCCCCCCCC(CCCCCCCCCCCCCCC)CC(=O)O. The van der Waals surface area contributed by atoms with Crippen molar-refractivity contribution in [1.29, 1.82) is 0 Å². The van der Waals surface area contributed by atoms with Crippen molar-refractivity contribution in [3.8, 4) is 0 Å². The Morgan fingerprint density at radius 3 is 0.861 bits per heavy atom. The van der Waals surface area contributed by atoms with Gasteiger partial charge in [-0.2, -0.15) is 0 Å². The van der Waals surface area contributed by atoms with E-state index in [9.17, 15) is 9.90 Å². The zero-order valence-corrected chi connectivity index (χ0v) is 25.1. The van der Waals surface area contributed by atoms with E-state index in [4.69, 9.17) is 0 Å². The Labute approximate surface area is 228 Å². The molecule has 1 N–H and O–H groups in total. The molecule has 216 valence electrons. The molecule has 0 aliphatic rings. The smallest absolute Gasteiger partial charge is 0.303 e. The first-order valence-electron chi connectivity index (χ1n) is 16.9. The van der Waals surface area contributed by atoms with Crippen molar-refractivity contribution in [2.24, 2.45) is 5.92 Å². The van der Waals surface area contributed by atoms with E-state index < -0.39 is 5.97 Å². The van der Waals surface area contributed by atoms with Crippen LogP contribution in [0.15, 0.2) is 0 Å². The van der Waals surface area contributed by atoms with Gasteiger partial charge in [-0.05, 0) is 18.8 Å². The summed E-state index contributed by atoms with van der Waals surface area (Å²) in [6, 6.07) is 0. The van der Waals surface area contributed by atoms with Gasteiger partial charge in [0.05, 0.1) is 0 Å². The Morgan fingerprint density at radius 1 is 0.417 bits per heavy atom. The number of unbranched alkanes of at least 4 members (excludes halogenated alkanes) is 25. The molecule has 0 aliphatic heterocycles. The van der Waals surface area contributed by atoms with Crippen molar-refractivity contribution in [3.63, 3.8) is 0 Å². The number of carboxylic acid groups (broad SMARTS) is 1. The Balaban J connectivity index is 3.50. The van der Waals surface area contributed by atoms with Crippen LogP contribution in [0.3, 0.4) is 0 Å². The van der Waals surface area contributed by atoms with Gasteiger partial charge in [-0.15, -0.1) is 0 Å². The van der Waals surface area contributed by atoms with Crippen LogP contribution in [0.25, 0.3) is 0 Å². The van der Waals surface area contributed by atoms with Crippen LogP contribution in [0.4, 0.5) is 0 Å². The standard InChI is InChI=1S/C34H68O2/c1-3-5-7-9-11-13-15-17-19-21-23-25-27-29-31-33(32-34(35)36)30-28-26-24-22-20-18-16-14-12-10-8-6-4-2/h33H,3-32H2,1-2H3,(H,35,36). The molecule has 0 bridgehead atoms. The van der Waals surface area contributed by atoms with Gasteiger partial charge in [0.2, 0.25) is 0 Å². The average molecular weight is 509 g/mol. The highest BCUT2D eigenvalue weighted by Crippen LogP contribution is 2.22. The molecule has 0 saturated heterocycles. The molecule has 0 aliphatic carbocycles. The summed E-state index contributed by atoms with van der Waals surface area (Å²) in [5.41, 5.74) is 0. The number of aliphatic carboxylic acids is 1. The van der Waals surface area contributed by atoms with Crippen molar-refractivity contribution in [1.82, 2.24) is 0 Å². The fourth-order valence-electron chi connectivity index (χ4n) is 5.67. The van der Waals surface area contributed by atoms with Gasteiger partial charge in [0.25, 0.3) is 0 Å². The van der Waals surface area contributed by atoms with Gasteiger partial charge >= 0.3 is 5.97 Å². The first kappa shape index (κ1) is 35.5. The van der Waals surface area contributed by atoms with Gasteiger partial charge in [0, 0.05) is 6.42 Å². The van der Waals surface area contributed by atoms with E-state index in [1.807, 2.05) is 0 Å². The van der Waals surface area contributed by atoms with Crippen LogP contribution in [0.2, 0.25) is 0 Å². The van der Waals surface area contributed by atoms with Crippen LogP contribution in [-0.4, -0.2) is 11.1 Å². The largest absolute Gasteiger partial charge is 0.481 e. The van der Waals surface area contributed by atoms with E-state index in [2.05, 4.69) is 13.8 Å². The van der Waals surface area contributed by atoms with Gasteiger partial charge in [0.15, 0.2) is 0 Å². The summed E-state index contributed by atoms with van der Waals surface area (Å²) in [7, 11) is 0. The van der Waals surface area contributed by atoms with Crippen LogP contribution in [0.1, 0.15) is 206 Å². The molecule has 2 nitrogen and oxygen atoms in total. The number of hydrogen-bond donors (Lipinski definition) is 1. The molecule has 0 amide bonds. The number of hydrogen-bond acceptors (Lipinski definition) is 1. The zero-order chi connectivity index (χ0) is 26.4. The van der Waals surface area contributed by atoms with Crippen LogP contribution in [0, 0.1) is 5.92 Å². The summed E-state index contributed by atoms with van der Waals surface area (Å²) in [4.78, 5) is 11.3. The third-order valence-corrected chi connectivity index (χ3v) is 8.15. The summed E-state index contributed by atoms with van der Waals surface area (Å²) in [6.45, 7) is 4.57. The van der Waals surface area contributed by atoms with Crippen LogP contribution in [0.5, 0.6) is 0 Å². The molecule has 0 aromatic rings. The summed E-state index contributed by atoms with van der Waals surface area (Å²) in [6.07, 6.45) is 40.0. The van der Waals surface area contributed by atoms with Crippen LogP contribution < -0.4 is 0 Å². The topological polar surface area (TPSA) is 37.3 Å². The summed E-state index contributed by atoms with van der Waals surface area (Å²) in [5, 5.41) is 9.30. The predicted molar refractivity (Wildman–Crippen MR) is 161 cm³/mol. The molecule has 1 atom stereocenters. The van der Waals surface area contributed by atoms with Crippen LogP contribution in [-0.2, 0) is 4.79 Å². The first-order chi connectivity index (χ1) is 17.7. The maximum absolute atomic E-state index is 11.3. The predicted octanol–water partition coefficient (Wildman–Crippen LogP) is 12.4. The van der Waals surface area contributed by atoms with Crippen molar-refractivity contribution >= 4 is 5.97 Å². The van der Waals surface area contributed by atoms with Crippen molar-refractivity contribution < 1.29 is 9.90 Å². The Hall–Kier alpha value is -0.530. The minimum absolute atomic E-state index is 0.386. The van der Waals surface area contributed by atoms with Gasteiger partial charge in [-0.25, -0.2) is 0 Å². The Bertz CT molecular complexity index is 419. The Kier molecular flexibility index (Phi) is 30.2. The van der Waals surface area contributed by atoms with Gasteiger partial charge in [-0.3, -0.25) is 4.79 Å². The average Bonchev–Trinajstić information content (AvgIpc) is 2.86. The molecular weight excluding hydrogens is 440 g/mol. The number of carboxylic acids is 1. The second-order valence-electron chi connectivity index (χ2n) is 11.9. The first-order valence-corrected chi connectivity index (χ1v) is 16.9. The molecule has 0 radical (unpaired) electrons. The maximum atomic E-state index is 11.3. The summed E-state index contributed by atoms with van der Waals surface area (Å²) < 4.78 is 0. The van der Waals surface area contributed by atoms with Crippen molar-refractivity contribution in [2.45, 2.75) is 206 Å². The fourth-order valence-corrected chi connectivity index (χ4v) is 5.67. The molecule has 0 rings (SSSR count). The van der Waals surface area contributed by atoms with E-state index >= 15 is 0 Å². The normalized spacial score (nSPS) is 12.3. The fraction of sp³-hybridized carbons (Fsp3) is 0.971. The molecule has 0 aromatic carbocycles. The van der Waals surface area contributed by atoms with Crippen LogP contribution >= 0.6 is 0 Å². The van der Waals surface area contributed by atoms with Gasteiger partial charge < -0.3 is 5.11 Å². The third-order valence-electron chi connectivity index (χ3n) is 8.15. The third kappa shape index (κ3) is 29.7. The second-order valence-corrected chi connectivity index (χ2v) is 11.9. The molecule has 0 spiro atoms. The van der Waals surface area contributed by atoms with E-state index in [0.717, 1.165) is 12.8 Å². The summed E-state index contributed by atoms with van der Waals surface area (Å²) in [5.74, 6) is -0.187. The second kappa shape index (κ2) is 30.7. The number of carbonyl (C=O) groups is 1. The van der Waals surface area contributed by atoms with Crippen molar-refractivity contribution in [3.05, 3.63) is 0 Å². The monoisotopic (exact) mass is 509 g/mol. The lowest BCUT2D eigenvalue weighted by Gasteiger charge is -2.14. The van der Waals surface area contributed by atoms with E-state index in [0.29, 0.717) is 12.3 Å². The minimum atomic E-state index is -0.597. The minimum Gasteiger partial charge on any atom is -0.481 e. The molecule has 1 unspecified atom stereocenters. The molecule has 2 heteroatoms. The maximum Gasteiger partial charge on any atom is 0.303 e. The highest BCUT2D eigenvalue weighted by atomic mass is 16.4. The number of rotatable bonds is 31. The highest BCUT2D eigenvalue weighted by molar-refractivity contribution is 5.66. The van der Waals surface area contributed by atoms with E-state index in [-0.39, 0.29) is 0 Å². The highest BCUT2D eigenvalue weighted by Gasteiger charge is 2.12. The van der Waals surface area contributed by atoms with E-state index in [1.165, 1.54) is 173 Å². The molecule has 0 heterocycles. The molecule has 0 saturated carbocycles. The lowest BCUT2D eigenvalue weighted by Crippen LogP contribution is -2.08. The van der Waals surface area contributed by atoms with Gasteiger partial charge in [0.1, 0.15) is 0 Å².